The van der Waals surface area contributed by atoms with Crippen LogP contribution in [0.1, 0.15) is 28.0 Å². The lowest BCUT2D eigenvalue weighted by Gasteiger charge is -2.10. The van der Waals surface area contributed by atoms with E-state index in [-0.39, 0.29) is 11.0 Å². The maximum Gasteiger partial charge on any atom is 0.342 e. The van der Waals surface area contributed by atoms with Gasteiger partial charge in [-0.25, -0.2) is 13.6 Å². The highest BCUT2D eigenvalue weighted by Crippen LogP contribution is 2.31. The van der Waals surface area contributed by atoms with Gasteiger partial charge >= 0.3 is 5.97 Å². The fourth-order valence-electron chi connectivity index (χ4n) is 1.13. The third kappa shape index (κ3) is 2.29. The fourth-order valence-corrected chi connectivity index (χ4v) is 1.54. The average molecular weight is 296 g/mol. The van der Waals surface area contributed by atoms with Gasteiger partial charge in [0.1, 0.15) is 5.56 Å². The van der Waals surface area contributed by atoms with Gasteiger partial charge < -0.3 is 9.84 Å². The van der Waals surface area contributed by atoms with Crippen LogP contribution in [0.25, 0.3) is 0 Å². The van der Waals surface area contributed by atoms with Crippen molar-refractivity contribution in [3.05, 3.63) is 23.0 Å². The van der Waals surface area contributed by atoms with Crippen LogP contribution in [0, 0.1) is 0 Å². The maximum atomic E-state index is 12.6. The van der Waals surface area contributed by atoms with Crippen molar-refractivity contribution in [2.45, 2.75) is 11.8 Å². The lowest BCUT2D eigenvalue weighted by molar-refractivity contribution is 0.0584. The summed E-state index contributed by atoms with van der Waals surface area (Å²) in [6, 6.07) is 0. The Labute approximate surface area is 98.4 Å². The van der Waals surface area contributed by atoms with E-state index in [2.05, 4.69) is 25.7 Å². The van der Waals surface area contributed by atoms with Crippen LogP contribution >= 0.6 is 15.9 Å². The molecule has 0 radical (unpaired) electrons. The SMILES string of the molecule is COC(=O)c1c(C(F)F)cnc(CBr)c1O. The van der Waals surface area contributed by atoms with Crippen LogP contribution in [0.3, 0.4) is 0 Å². The number of rotatable bonds is 3. The van der Waals surface area contributed by atoms with Gasteiger partial charge in [0.05, 0.1) is 18.4 Å². The largest absolute Gasteiger partial charge is 0.505 e. The summed E-state index contributed by atoms with van der Waals surface area (Å²) in [5.41, 5.74) is -1.08. The number of pyridine rings is 1. The Hall–Kier alpha value is -1.24. The van der Waals surface area contributed by atoms with Crippen LogP contribution in [-0.4, -0.2) is 23.2 Å². The number of hydrogen-bond donors (Lipinski definition) is 1. The molecule has 1 rings (SSSR count). The van der Waals surface area contributed by atoms with Crippen molar-refractivity contribution < 1.29 is 23.4 Å². The molecular weight excluding hydrogens is 288 g/mol. The zero-order valence-electron chi connectivity index (χ0n) is 8.21. The minimum atomic E-state index is -2.91. The van der Waals surface area contributed by atoms with E-state index in [1.165, 1.54) is 0 Å². The van der Waals surface area contributed by atoms with E-state index in [0.29, 0.717) is 0 Å². The summed E-state index contributed by atoms with van der Waals surface area (Å²) in [6.07, 6.45) is -2.05. The predicted octanol–water partition coefficient (Wildman–Crippen LogP) is 2.41. The Balaban J connectivity index is 3.42. The van der Waals surface area contributed by atoms with Crippen molar-refractivity contribution >= 4 is 21.9 Å². The minimum absolute atomic E-state index is 0.102. The van der Waals surface area contributed by atoms with Gasteiger partial charge in [0.2, 0.25) is 0 Å². The van der Waals surface area contributed by atoms with E-state index in [1.807, 2.05) is 0 Å². The standard InChI is InChI=1S/C9H8BrF2NO3/c1-16-9(15)6-4(8(11)12)3-13-5(2-10)7(6)14/h3,8,14H,2H2,1H3. The van der Waals surface area contributed by atoms with Crippen LogP contribution in [0.5, 0.6) is 5.75 Å². The average Bonchev–Trinajstić information content (AvgIpc) is 2.27. The number of alkyl halides is 3. The summed E-state index contributed by atoms with van der Waals surface area (Å²) in [4.78, 5) is 14.9. The molecule has 0 bridgehead atoms. The number of carbonyl (C=O) groups excluding carboxylic acids is 1. The quantitative estimate of drug-likeness (QED) is 0.687. The molecule has 0 aliphatic rings. The Morgan fingerprint density at radius 1 is 1.69 bits per heavy atom. The summed E-state index contributed by atoms with van der Waals surface area (Å²) >= 11 is 3.01. The van der Waals surface area contributed by atoms with Crippen molar-refractivity contribution in [1.82, 2.24) is 4.98 Å². The minimum Gasteiger partial charge on any atom is -0.505 e. The molecule has 1 heterocycles. The number of esters is 1. The van der Waals surface area contributed by atoms with E-state index >= 15 is 0 Å². The van der Waals surface area contributed by atoms with E-state index in [4.69, 9.17) is 0 Å². The van der Waals surface area contributed by atoms with Gasteiger partial charge in [-0.3, -0.25) is 4.98 Å². The van der Waals surface area contributed by atoms with Gasteiger partial charge in [0.25, 0.3) is 6.43 Å². The number of carbonyl (C=O) groups is 1. The summed E-state index contributed by atoms with van der Waals surface area (Å²) in [5, 5.41) is 9.74. The van der Waals surface area contributed by atoms with Gasteiger partial charge in [-0.2, -0.15) is 0 Å². The van der Waals surface area contributed by atoms with E-state index < -0.39 is 29.3 Å². The molecule has 4 nitrogen and oxygen atoms in total. The van der Waals surface area contributed by atoms with Crippen LogP contribution in [-0.2, 0) is 10.1 Å². The third-order valence-corrected chi connectivity index (χ3v) is 2.44. The lowest BCUT2D eigenvalue weighted by atomic mass is 10.1. The molecule has 0 saturated heterocycles. The van der Waals surface area contributed by atoms with Crippen LogP contribution in [0.2, 0.25) is 0 Å². The van der Waals surface area contributed by atoms with E-state index in [9.17, 15) is 18.7 Å². The summed E-state index contributed by atoms with van der Waals surface area (Å²) in [7, 11) is 1.05. The summed E-state index contributed by atoms with van der Waals surface area (Å²) in [6.45, 7) is 0. The monoisotopic (exact) mass is 295 g/mol. The van der Waals surface area contributed by atoms with E-state index in [0.717, 1.165) is 13.3 Å². The molecule has 0 saturated carbocycles. The number of hydrogen-bond acceptors (Lipinski definition) is 4. The zero-order chi connectivity index (χ0) is 12.3. The summed E-state index contributed by atoms with van der Waals surface area (Å²) < 4.78 is 29.5. The van der Waals surface area contributed by atoms with Gasteiger partial charge in [-0.15, -0.1) is 0 Å². The molecule has 0 aromatic carbocycles. The lowest BCUT2D eigenvalue weighted by Crippen LogP contribution is -2.09. The molecular formula is C9H8BrF2NO3. The number of ether oxygens (including phenoxy) is 1. The second-order valence-electron chi connectivity index (χ2n) is 2.81. The van der Waals surface area contributed by atoms with Crippen molar-refractivity contribution in [3.63, 3.8) is 0 Å². The fraction of sp³-hybridized carbons (Fsp3) is 0.333. The number of aromatic hydroxyl groups is 1. The maximum absolute atomic E-state index is 12.6. The van der Waals surface area contributed by atoms with Crippen molar-refractivity contribution in [3.8, 4) is 5.75 Å². The second-order valence-corrected chi connectivity index (χ2v) is 3.37. The zero-order valence-corrected chi connectivity index (χ0v) is 9.79. The van der Waals surface area contributed by atoms with Crippen molar-refractivity contribution in [2.24, 2.45) is 0 Å². The first-order valence-electron chi connectivity index (χ1n) is 4.16. The molecule has 0 atom stereocenters. The van der Waals surface area contributed by atoms with Gasteiger partial charge in [-0.1, -0.05) is 15.9 Å². The Kier molecular flexibility index (Phi) is 4.17. The highest BCUT2D eigenvalue weighted by molar-refractivity contribution is 9.08. The van der Waals surface area contributed by atoms with Crippen LogP contribution < -0.4 is 0 Å². The number of nitrogens with zero attached hydrogens (tertiary/aromatic N) is 1. The van der Waals surface area contributed by atoms with Crippen molar-refractivity contribution in [1.29, 1.82) is 0 Å². The molecule has 0 aliphatic carbocycles. The topological polar surface area (TPSA) is 59.4 Å². The third-order valence-electron chi connectivity index (χ3n) is 1.91. The molecule has 0 aliphatic heterocycles. The number of aromatic nitrogens is 1. The smallest absolute Gasteiger partial charge is 0.342 e. The normalized spacial score (nSPS) is 10.6. The Morgan fingerprint density at radius 3 is 2.75 bits per heavy atom. The highest BCUT2D eigenvalue weighted by atomic mass is 79.9. The van der Waals surface area contributed by atoms with Crippen LogP contribution in [0.15, 0.2) is 6.20 Å². The van der Waals surface area contributed by atoms with Gasteiger partial charge in [0.15, 0.2) is 5.75 Å². The first-order valence-corrected chi connectivity index (χ1v) is 5.28. The molecule has 1 N–H and O–H groups in total. The molecule has 0 amide bonds. The molecule has 88 valence electrons. The number of halogens is 3. The summed E-state index contributed by atoms with van der Waals surface area (Å²) in [5.74, 6) is -1.60. The van der Waals surface area contributed by atoms with Crippen LogP contribution in [0.4, 0.5) is 8.78 Å². The molecule has 0 fully saturated rings. The van der Waals surface area contributed by atoms with Gasteiger partial charge in [0, 0.05) is 11.5 Å². The highest BCUT2D eigenvalue weighted by Gasteiger charge is 2.25. The molecule has 16 heavy (non-hydrogen) atoms. The molecule has 7 heteroatoms. The Morgan fingerprint density at radius 2 is 2.31 bits per heavy atom. The van der Waals surface area contributed by atoms with Crippen molar-refractivity contribution in [2.75, 3.05) is 7.11 Å². The molecule has 0 unspecified atom stereocenters. The molecule has 1 aromatic rings. The molecule has 0 spiro atoms. The first-order chi connectivity index (χ1) is 7.52. The Bertz CT molecular complexity index is 412. The van der Waals surface area contributed by atoms with Gasteiger partial charge in [-0.05, 0) is 0 Å². The first kappa shape index (κ1) is 12.8. The second kappa shape index (κ2) is 5.20. The number of methoxy groups -OCH3 is 1. The van der Waals surface area contributed by atoms with E-state index in [1.54, 1.807) is 0 Å². The molecule has 1 aromatic heterocycles. The predicted molar refractivity (Wildman–Crippen MR) is 54.8 cm³/mol.